The zero-order valence-corrected chi connectivity index (χ0v) is 21.8. The zero-order chi connectivity index (χ0) is 25.4. The molecule has 3 aromatic rings. The first-order valence-electron chi connectivity index (χ1n) is 12.5. The van der Waals surface area contributed by atoms with Gasteiger partial charge in [-0.1, -0.05) is 31.2 Å². The number of phenols is 1. The van der Waals surface area contributed by atoms with Crippen molar-refractivity contribution in [1.82, 2.24) is 4.90 Å². The first-order chi connectivity index (χ1) is 17.4. The molecule has 0 radical (unpaired) electrons. The maximum absolute atomic E-state index is 13.9. The predicted molar refractivity (Wildman–Crippen MR) is 144 cm³/mol. The molecule has 1 aliphatic heterocycles. The quantitative estimate of drug-likeness (QED) is 0.353. The van der Waals surface area contributed by atoms with Crippen molar-refractivity contribution in [2.45, 2.75) is 26.7 Å². The van der Waals surface area contributed by atoms with Gasteiger partial charge in [0.15, 0.2) is 0 Å². The van der Waals surface area contributed by atoms with Crippen LogP contribution in [0.4, 0.5) is 4.39 Å². The number of hydrogen-bond donors (Lipinski definition) is 1. The number of ketones is 1. The topological polar surface area (TPSA) is 49.8 Å². The molecular weight excluding hydrogens is 473 g/mol. The lowest BCUT2D eigenvalue weighted by atomic mass is 9.81. The van der Waals surface area contributed by atoms with E-state index in [1.807, 2.05) is 44.2 Å². The highest BCUT2D eigenvalue weighted by Gasteiger charge is 2.30. The fourth-order valence-corrected chi connectivity index (χ4v) is 6.63. The highest BCUT2D eigenvalue weighted by atomic mass is 32.1. The molecule has 188 valence electrons. The SMILES string of the molecule is Cc1cccc(C)c1C(=O)c1sc2cc(O)ccc2c1C1C=CC(OCCN2CC(CF)C2)=CC1C. The lowest BCUT2D eigenvalue weighted by Gasteiger charge is -2.37. The van der Waals surface area contributed by atoms with Gasteiger partial charge in [0.2, 0.25) is 5.78 Å². The zero-order valence-electron chi connectivity index (χ0n) is 21.0. The molecule has 1 aromatic heterocycles. The minimum Gasteiger partial charge on any atom is -0.508 e. The van der Waals surface area contributed by atoms with E-state index in [9.17, 15) is 14.3 Å². The van der Waals surface area contributed by atoms with Gasteiger partial charge in [0.05, 0.1) is 11.6 Å². The number of ether oxygens (including phenoxy) is 1. The molecule has 1 saturated heterocycles. The summed E-state index contributed by atoms with van der Waals surface area (Å²) in [4.78, 5) is 16.9. The van der Waals surface area contributed by atoms with Crippen LogP contribution in [0.1, 0.15) is 44.8 Å². The van der Waals surface area contributed by atoms with Crippen LogP contribution in [0.5, 0.6) is 5.75 Å². The summed E-state index contributed by atoms with van der Waals surface area (Å²) in [5.74, 6) is 1.39. The first kappa shape index (κ1) is 24.7. The highest BCUT2D eigenvalue weighted by Crippen LogP contribution is 2.44. The molecule has 0 bridgehead atoms. The lowest BCUT2D eigenvalue weighted by Crippen LogP contribution is -2.48. The van der Waals surface area contributed by atoms with E-state index in [0.717, 1.165) is 62.6 Å². The van der Waals surface area contributed by atoms with Crippen molar-refractivity contribution in [1.29, 1.82) is 0 Å². The molecule has 5 rings (SSSR count). The second kappa shape index (κ2) is 10.2. The summed E-state index contributed by atoms with van der Waals surface area (Å²) in [7, 11) is 0. The maximum atomic E-state index is 13.9. The number of carbonyl (C=O) groups excluding carboxylic acids is 1. The van der Waals surface area contributed by atoms with Gasteiger partial charge >= 0.3 is 0 Å². The van der Waals surface area contributed by atoms with Gasteiger partial charge in [0.1, 0.15) is 18.1 Å². The molecule has 4 nitrogen and oxygen atoms in total. The molecule has 0 amide bonds. The largest absolute Gasteiger partial charge is 0.508 e. The van der Waals surface area contributed by atoms with E-state index < -0.39 is 0 Å². The summed E-state index contributed by atoms with van der Waals surface area (Å²) in [5.41, 5.74) is 3.70. The Morgan fingerprint density at radius 2 is 1.94 bits per heavy atom. The number of carbonyl (C=O) groups is 1. The van der Waals surface area contributed by atoms with Gasteiger partial charge in [-0.2, -0.15) is 0 Å². The number of halogens is 1. The summed E-state index contributed by atoms with van der Waals surface area (Å²) < 4.78 is 19.6. The first-order valence-corrected chi connectivity index (χ1v) is 13.3. The Labute approximate surface area is 215 Å². The molecule has 2 unspecified atom stereocenters. The molecule has 1 N–H and O–H groups in total. The van der Waals surface area contributed by atoms with Crippen LogP contribution in [-0.4, -0.2) is 48.7 Å². The van der Waals surface area contributed by atoms with E-state index in [-0.39, 0.29) is 36.0 Å². The van der Waals surface area contributed by atoms with Crippen LogP contribution in [0.15, 0.2) is 60.4 Å². The molecule has 1 fully saturated rings. The van der Waals surface area contributed by atoms with E-state index >= 15 is 0 Å². The van der Waals surface area contributed by atoms with Crippen molar-refractivity contribution < 1.29 is 19.0 Å². The Morgan fingerprint density at radius 3 is 2.64 bits per heavy atom. The predicted octanol–water partition coefficient (Wildman–Crippen LogP) is 6.55. The monoisotopic (exact) mass is 505 g/mol. The summed E-state index contributed by atoms with van der Waals surface area (Å²) in [6, 6.07) is 11.3. The van der Waals surface area contributed by atoms with Crippen molar-refractivity contribution in [2.24, 2.45) is 11.8 Å². The summed E-state index contributed by atoms with van der Waals surface area (Å²) in [5, 5.41) is 11.1. The van der Waals surface area contributed by atoms with Crippen LogP contribution in [0, 0.1) is 25.7 Å². The number of likely N-dealkylation sites (tertiary alicyclic amines) is 1. The minimum atomic E-state index is -0.241. The lowest BCUT2D eigenvalue weighted by molar-refractivity contribution is 0.0563. The van der Waals surface area contributed by atoms with E-state index in [1.165, 1.54) is 11.3 Å². The number of aryl methyl sites for hydroxylation is 2. The van der Waals surface area contributed by atoms with Crippen LogP contribution in [-0.2, 0) is 4.74 Å². The summed E-state index contributed by atoms with van der Waals surface area (Å²) >= 11 is 1.46. The number of phenolic OH excluding ortho intramolecular Hbond substituents is 1. The number of alkyl halides is 1. The van der Waals surface area contributed by atoms with Gasteiger partial charge in [-0.15, -0.1) is 11.3 Å². The van der Waals surface area contributed by atoms with Gasteiger partial charge in [0, 0.05) is 41.7 Å². The van der Waals surface area contributed by atoms with Crippen molar-refractivity contribution in [3.05, 3.63) is 87.5 Å². The standard InChI is InChI=1S/C30H32FNO3S/c1-18-5-4-6-19(2)27(18)29(34)30-28(25-9-7-22(33)14-26(25)36-30)24-10-8-23(13-20(24)3)35-12-11-32-16-21(15-31)17-32/h4-10,13-14,20-21,24,33H,11-12,15-17H2,1-3H3. The molecule has 2 aliphatic rings. The highest BCUT2D eigenvalue weighted by molar-refractivity contribution is 7.21. The molecular formula is C30H32FNO3S. The number of rotatable bonds is 8. The van der Waals surface area contributed by atoms with E-state index in [1.54, 1.807) is 12.1 Å². The maximum Gasteiger partial charge on any atom is 0.203 e. The number of benzene rings is 2. The molecule has 36 heavy (non-hydrogen) atoms. The van der Waals surface area contributed by atoms with Crippen molar-refractivity contribution >= 4 is 27.2 Å². The van der Waals surface area contributed by atoms with Gasteiger partial charge in [0.25, 0.3) is 0 Å². The Hall–Kier alpha value is -2.96. The third kappa shape index (κ3) is 4.72. The van der Waals surface area contributed by atoms with Crippen LogP contribution >= 0.6 is 11.3 Å². The van der Waals surface area contributed by atoms with Crippen LogP contribution in [0.2, 0.25) is 0 Å². The number of aromatic hydroxyl groups is 1. The van der Waals surface area contributed by atoms with Crippen LogP contribution < -0.4 is 0 Å². The van der Waals surface area contributed by atoms with Gasteiger partial charge in [-0.25, -0.2) is 0 Å². The smallest absolute Gasteiger partial charge is 0.203 e. The van der Waals surface area contributed by atoms with E-state index in [0.29, 0.717) is 6.61 Å². The Bertz CT molecular complexity index is 1330. The second-order valence-electron chi connectivity index (χ2n) is 10.1. The number of fused-ring (bicyclic) bond motifs is 1. The van der Waals surface area contributed by atoms with E-state index in [4.69, 9.17) is 4.74 Å². The number of hydrogen-bond acceptors (Lipinski definition) is 5. The minimum absolute atomic E-state index is 0.0135. The van der Waals surface area contributed by atoms with Crippen molar-refractivity contribution in [2.75, 3.05) is 32.9 Å². The fraction of sp³-hybridized carbons (Fsp3) is 0.367. The molecule has 6 heteroatoms. The van der Waals surface area contributed by atoms with Gasteiger partial charge in [-0.3, -0.25) is 14.1 Å². The molecule has 0 saturated carbocycles. The molecule has 2 aromatic carbocycles. The Balaban J connectivity index is 1.41. The average Bonchev–Trinajstić information content (AvgIpc) is 3.18. The fourth-order valence-electron chi connectivity index (χ4n) is 5.39. The Morgan fingerprint density at radius 1 is 1.19 bits per heavy atom. The van der Waals surface area contributed by atoms with Crippen LogP contribution in [0.3, 0.4) is 0 Å². The molecule has 1 aliphatic carbocycles. The average molecular weight is 506 g/mol. The normalized spacial score (nSPS) is 20.4. The van der Waals surface area contributed by atoms with E-state index in [2.05, 4.69) is 24.0 Å². The van der Waals surface area contributed by atoms with Crippen molar-refractivity contribution in [3.8, 4) is 5.75 Å². The molecule has 2 heterocycles. The third-order valence-corrected chi connectivity index (χ3v) is 8.52. The number of allylic oxidation sites excluding steroid dienone is 3. The molecule has 2 atom stereocenters. The van der Waals surface area contributed by atoms with Gasteiger partial charge in [-0.05, 0) is 72.2 Å². The molecule has 0 spiro atoms. The number of thiophene rings is 1. The Kier molecular flexibility index (Phi) is 7.00. The summed E-state index contributed by atoms with van der Waals surface area (Å²) in [6.45, 7) is 8.86. The van der Waals surface area contributed by atoms with Gasteiger partial charge < -0.3 is 9.84 Å². The second-order valence-corrected chi connectivity index (χ2v) is 11.1. The third-order valence-electron chi connectivity index (χ3n) is 7.35. The van der Waals surface area contributed by atoms with Crippen LogP contribution in [0.25, 0.3) is 10.1 Å². The number of nitrogens with zero attached hydrogens (tertiary/aromatic N) is 1. The summed E-state index contributed by atoms with van der Waals surface area (Å²) in [6.07, 6.45) is 6.27. The van der Waals surface area contributed by atoms with Crippen molar-refractivity contribution in [3.63, 3.8) is 0 Å².